The first-order valence-electron chi connectivity index (χ1n) is 10.4. The first kappa shape index (κ1) is 20.2. The molecule has 0 aliphatic heterocycles. The van der Waals surface area contributed by atoms with Crippen LogP contribution in [-0.4, -0.2) is 17.1 Å². The number of aryl methyl sites for hydroxylation is 1. The smallest absolute Gasteiger partial charge is 0.260 e. The van der Waals surface area contributed by atoms with Gasteiger partial charge in [-0.05, 0) is 41.3 Å². The average molecular weight is 439 g/mol. The van der Waals surface area contributed by atoms with Crippen LogP contribution in [0.4, 0.5) is 0 Å². The molecular weight excluding hydrogens is 416 g/mol. The molecule has 0 aliphatic carbocycles. The summed E-state index contributed by atoms with van der Waals surface area (Å²) < 4.78 is 5.38. The van der Waals surface area contributed by atoms with Crippen LogP contribution in [0.1, 0.15) is 28.4 Å². The standard InChI is InChI=1S/C27H22N2O2S/c1-17-15-20(13-14-22(17)31-2)21-16-32-27-24(21)26(30)28-25(29-27)23(18-9-5-3-6-10-18)19-11-7-4-8-12-19/h3-16,23H,1-2H3,(H,28,29,30). The van der Waals surface area contributed by atoms with Crippen molar-refractivity contribution < 1.29 is 4.74 Å². The second kappa shape index (κ2) is 8.44. The highest BCUT2D eigenvalue weighted by atomic mass is 32.1. The quantitative estimate of drug-likeness (QED) is 0.358. The molecule has 158 valence electrons. The molecule has 5 rings (SSSR count). The van der Waals surface area contributed by atoms with Gasteiger partial charge in [0.2, 0.25) is 0 Å². The van der Waals surface area contributed by atoms with Crippen molar-refractivity contribution in [3.05, 3.63) is 117 Å². The first-order chi connectivity index (χ1) is 15.7. The average Bonchev–Trinajstić information content (AvgIpc) is 3.25. The zero-order valence-electron chi connectivity index (χ0n) is 17.8. The van der Waals surface area contributed by atoms with Crippen LogP contribution >= 0.6 is 11.3 Å². The van der Waals surface area contributed by atoms with Gasteiger partial charge in [0, 0.05) is 10.9 Å². The summed E-state index contributed by atoms with van der Waals surface area (Å²) in [4.78, 5) is 22.1. The minimum atomic E-state index is -0.150. The van der Waals surface area contributed by atoms with Gasteiger partial charge in [-0.3, -0.25) is 4.79 Å². The van der Waals surface area contributed by atoms with Crippen molar-refractivity contribution in [2.24, 2.45) is 0 Å². The molecule has 0 bridgehead atoms. The van der Waals surface area contributed by atoms with E-state index in [0.29, 0.717) is 11.2 Å². The molecule has 2 heterocycles. The number of benzene rings is 3. The summed E-state index contributed by atoms with van der Waals surface area (Å²) in [6.07, 6.45) is 0. The predicted molar refractivity (Wildman–Crippen MR) is 131 cm³/mol. The van der Waals surface area contributed by atoms with E-state index in [-0.39, 0.29) is 11.5 Å². The Morgan fingerprint density at radius 3 is 2.19 bits per heavy atom. The van der Waals surface area contributed by atoms with Gasteiger partial charge in [0.05, 0.1) is 18.4 Å². The Labute approximate surface area is 190 Å². The van der Waals surface area contributed by atoms with E-state index in [4.69, 9.17) is 9.72 Å². The number of rotatable bonds is 5. The number of ether oxygens (including phenoxy) is 1. The predicted octanol–water partition coefficient (Wildman–Crippen LogP) is 6.15. The number of aromatic nitrogens is 2. The van der Waals surface area contributed by atoms with E-state index >= 15 is 0 Å². The van der Waals surface area contributed by atoms with Crippen LogP contribution < -0.4 is 10.3 Å². The lowest BCUT2D eigenvalue weighted by Crippen LogP contribution is -2.16. The third-order valence-electron chi connectivity index (χ3n) is 5.71. The van der Waals surface area contributed by atoms with Gasteiger partial charge < -0.3 is 9.72 Å². The molecule has 0 radical (unpaired) electrons. The van der Waals surface area contributed by atoms with Crippen molar-refractivity contribution >= 4 is 21.6 Å². The lowest BCUT2D eigenvalue weighted by Gasteiger charge is -2.17. The summed E-state index contributed by atoms with van der Waals surface area (Å²) in [5, 5.41) is 2.64. The zero-order chi connectivity index (χ0) is 22.1. The van der Waals surface area contributed by atoms with Crippen molar-refractivity contribution in [2.75, 3.05) is 7.11 Å². The first-order valence-corrected chi connectivity index (χ1v) is 11.3. The van der Waals surface area contributed by atoms with Gasteiger partial charge in [-0.2, -0.15) is 0 Å². The van der Waals surface area contributed by atoms with Gasteiger partial charge >= 0.3 is 0 Å². The second-order valence-electron chi connectivity index (χ2n) is 7.72. The number of nitrogens with one attached hydrogen (secondary N) is 1. The number of thiophene rings is 1. The van der Waals surface area contributed by atoms with Crippen LogP contribution in [0.2, 0.25) is 0 Å². The van der Waals surface area contributed by atoms with E-state index in [2.05, 4.69) is 29.2 Å². The van der Waals surface area contributed by atoms with Crippen LogP contribution in [-0.2, 0) is 0 Å². The third kappa shape index (κ3) is 3.61. The van der Waals surface area contributed by atoms with Crippen molar-refractivity contribution in [3.63, 3.8) is 0 Å². The fourth-order valence-corrected chi connectivity index (χ4v) is 5.11. The molecule has 5 heteroatoms. The Bertz CT molecular complexity index is 1400. The Morgan fingerprint density at radius 1 is 0.938 bits per heavy atom. The largest absolute Gasteiger partial charge is 0.496 e. The van der Waals surface area contributed by atoms with E-state index in [0.717, 1.165) is 38.4 Å². The van der Waals surface area contributed by atoms with Crippen LogP contribution in [0.25, 0.3) is 21.3 Å². The highest BCUT2D eigenvalue weighted by Gasteiger charge is 2.22. The maximum Gasteiger partial charge on any atom is 0.260 e. The summed E-state index contributed by atoms with van der Waals surface area (Å²) in [5.41, 5.74) is 4.96. The molecule has 0 fully saturated rings. The molecule has 0 aliphatic rings. The minimum absolute atomic E-state index is 0.119. The summed E-state index contributed by atoms with van der Waals surface area (Å²) in [7, 11) is 1.66. The number of nitrogens with zero attached hydrogens (tertiary/aromatic N) is 1. The molecule has 2 aromatic heterocycles. The van der Waals surface area contributed by atoms with E-state index in [9.17, 15) is 4.79 Å². The molecule has 0 saturated carbocycles. The van der Waals surface area contributed by atoms with E-state index < -0.39 is 0 Å². The molecule has 32 heavy (non-hydrogen) atoms. The fourth-order valence-electron chi connectivity index (χ4n) is 4.16. The summed E-state index contributed by atoms with van der Waals surface area (Å²) in [6, 6.07) is 26.3. The van der Waals surface area contributed by atoms with Crippen LogP contribution in [0.5, 0.6) is 5.75 Å². The second-order valence-corrected chi connectivity index (χ2v) is 8.58. The molecule has 5 aromatic rings. The summed E-state index contributed by atoms with van der Waals surface area (Å²) in [6.45, 7) is 2.00. The van der Waals surface area contributed by atoms with Crippen molar-refractivity contribution in [1.82, 2.24) is 9.97 Å². The fraction of sp³-hybridized carbons (Fsp3) is 0.111. The summed E-state index contributed by atoms with van der Waals surface area (Å²) in [5.74, 6) is 1.33. The van der Waals surface area contributed by atoms with Crippen molar-refractivity contribution in [2.45, 2.75) is 12.8 Å². The van der Waals surface area contributed by atoms with E-state index in [1.807, 2.05) is 66.9 Å². The molecule has 0 spiro atoms. The number of hydrogen-bond acceptors (Lipinski definition) is 4. The molecule has 0 atom stereocenters. The van der Waals surface area contributed by atoms with Crippen LogP contribution in [0, 0.1) is 6.92 Å². The lowest BCUT2D eigenvalue weighted by atomic mass is 9.90. The Kier molecular flexibility index (Phi) is 5.33. The van der Waals surface area contributed by atoms with Crippen LogP contribution in [0.3, 0.4) is 0 Å². The lowest BCUT2D eigenvalue weighted by molar-refractivity contribution is 0.412. The Balaban J connectivity index is 1.66. The minimum Gasteiger partial charge on any atom is -0.496 e. The van der Waals surface area contributed by atoms with Gasteiger partial charge in [0.25, 0.3) is 5.56 Å². The van der Waals surface area contributed by atoms with Crippen LogP contribution in [0.15, 0.2) is 89.0 Å². The number of hydrogen-bond donors (Lipinski definition) is 1. The zero-order valence-corrected chi connectivity index (χ0v) is 18.6. The maximum absolute atomic E-state index is 13.3. The molecule has 1 N–H and O–H groups in total. The normalized spacial score (nSPS) is 11.2. The molecule has 3 aromatic carbocycles. The third-order valence-corrected chi connectivity index (χ3v) is 6.58. The molecule has 4 nitrogen and oxygen atoms in total. The Morgan fingerprint density at radius 2 is 1.59 bits per heavy atom. The maximum atomic E-state index is 13.3. The summed E-state index contributed by atoms with van der Waals surface area (Å²) >= 11 is 1.50. The van der Waals surface area contributed by atoms with E-state index in [1.54, 1.807) is 7.11 Å². The number of methoxy groups -OCH3 is 1. The van der Waals surface area contributed by atoms with Gasteiger partial charge in [-0.15, -0.1) is 11.3 Å². The number of aromatic amines is 1. The van der Waals surface area contributed by atoms with E-state index in [1.165, 1.54) is 11.3 Å². The molecule has 0 saturated heterocycles. The topological polar surface area (TPSA) is 55.0 Å². The highest BCUT2D eigenvalue weighted by molar-refractivity contribution is 7.17. The number of fused-ring (bicyclic) bond motifs is 1. The van der Waals surface area contributed by atoms with Crippen molar-refractivity contribution in [3.8, 4) is 16.9 Å². The monoisotopic (exact) mass is 438 g/mol. The Hall–Kier alpha value is -3.70. The van der Waals surface area contributed by atoms with Crippen molar-refractivity contribution in [1.29, 1.82) is 0 Å². The SMILES string of the molecule is COc1ccc(-c2csc3nc(C(c4ccccc4)c4ccccc4)[nH]c(=O)c23)cc1C. The molecular formula is C27H22N2O2S. The highest BCUT2D eigenvalue weighted by Crippen LogP contribution is 2.35. The van der Waals surface area contributed by atoms with Gasteiger partial charge in [-0.1, -0.05) is 66.7 Å². The van der Waals surface area contributed by atoms with Gasteiger partial charge in [0.1, 0.15) is 16.4 Å². The molecule has 0 unspecified atom stereocenters. The molecule has 0 amide bonds. The van der Waals surface area contributed by atoms with Gasteiger partial charge in [0.15, 0.2) is 0 Å². The number of H-pyrrole nitrogens is 1. The van der Waals surface area contributed by atoms with Gasteiger partial charge in [-0.25, -0.2) is 4.98 Å².